The van der Waals surface area contributed by atoms with Gasteiger partial charge in [-0.15, -0.1) is 0 Å². The van der Waals surface area contributed by atoms with E-state index in [9.17, 15) is 4.79 Å². The summed E-state index contributed by atoms with van der Waals surface area (Å²) in [6.07, 6.45) is 1.45. The smallest absolute Gasteiger partial charge is 0.270 e. The number of hydrogen-bond donors (Lipinski definition) is 1. The molecular weight excluding hydrogens is 436 g/mol. The van der Waals surface area contributed by atoms with Crippen molar-refractivity contribution >= 4 is 23.2 Å². The summed E-state index contributed by atoms with van der Waals surface area (Å²) in [4.78, 5) is 21.1. The Kier molecular flexibility index (Phi) is 7.81. The molecule has 0 spiro atoms. The average Bonchev–Trinajstić information content (AvgIpc) is 2.84. The number of nitrogens with one attached hydrogen (secondary N) is 1. The van der Waals surface area contributed by atoms with Crippen LogP contribution < -0.4 is 15.0 Å². The Hall–Kier alpha value is -3.09. The third-order valence-electron chi connectivity index (χ3n) is 5.64. The van der Waals surface area contributed by atoms with Crippen LogP contribution in [0, 0.1) is 0 Å². The van der Waals surface area contributed by atoms with E-state index in [-0.39, 0.29) is 12.0 Å². The third kappa shape index (κ3) is 6.70. The fourth-order valence-electron chi connectivity index (χ4n) is 3.91. The number of piperazine rings is 1. The van der Waals surface area contributed by atoms with E-state index in [2.05, 4.69) is 38.3 Å². The van der Waals surface area contributed by atoms with Crippen LogP contribution in [0.4, 0.5) is 5.69 Å². The first kappa shape index (κ1) is 23.1. The van der Waals surface area contributed by atoms with Crippen molar-refractivity contribution in [3.05, 3.63) is 89.2 Å². The first-order valence-electron chi connectivity index (χ1n) is 11.2. The van der Waals surface area contributed by atoms with E-state index >= 15 is 0 Å². The second-order valence-electron chi connectivity index (χ2n) is 8.24. The van der Waals surface area contributed by atoms with Crippen molar-refractivity contribution in [2.24, 2.45) is 0 Å². The molecule has 172 valence electrons. The molecule has 3 aromatic rings. The molecule has 1 aliphatic rings. The molecule has 1 amide bonds. The number of amides is 1. The zero-order valence-electron chi connectivity index (χ0n) is 18.8. The van der Waals surface area contributed by atoms with Gasteiger partial charge in [-0.1, -0.05) is 35.9 Å². The minimum Gasteiger partial charge on any atom is -0.489 e. The van der Waals surface area contributed by atoms with E-state index in [1.54, 1.807) is 24.4 Å². The van der Waals surface area contributed by atoms with Crippen molar-refractivity contribution in [1.29, 1.82) is 0 Å². The highest BCUT2D eigenvalue weighted by molar-refractivity contribution is 6.30. The fourth-order valence-corrected chi connectivity index (χ4v) is 4.09. The molecule has 0 bridgehead atoms. The van der Waals surface area contributed by atoms with E-state index in [1.165, 1.54) is 11.3 Å². The number of hydrogen-bond acceptors (Lipinski definition) is 5. The molecule has 0 aliphatic carbocycles. The molecule has 4 rings (SSSR count). The molecule has 0 saturated carbocycles. The first-order valence-corrected chi connectivity index (χ1v) is 11.6. The number of ether oxygens (including phenoxy) is 1. The third-order valence-corrected chi connectivity index (χ3v) is 5.87. The van der Waals surface area contributed by atoms with Gasteiger partial charge >= 0.3 is 0 Å². The van der Waals surface area contributed by atoms with Gasteiger partial charge in [0.25, 0.3) is 5.91 Å². The Morgan fingerprint density at radius 3 is 2.64 bits per heavy atom. The van der Waals surface area contributed by atoms with Crippen molar-refractivity contribution in [3.8, 4) is 5.75 Å². The zero-order chi connectivity index (χ0) is 23.0. The quantitative estimate of drug-likeness (QED) is 0.540. The molecule has 1 fully saturated rings. The number of nitrogens with zero attached hydrogens (tertiary/aromatic N) is 3. The number of carbonyl (C=O) groups is 1. The number of anilines is 1. The molecule has 1 saturated heterocycles. The lowest BCUT2D eigenvalue weighted by Crippen LogP contribution is -2.45. The zero-order valence-corrected chi connectivity index (χ0v) is 19.5. The second kappa shape index (κ2) is 11.2. The monoisotopic (exact) mass is 464 g/mol. The maximum absolute atomic E-state index is 12.2. The van der Waals surface area contributed by atoms with E-state index in [0.29, 0.717) is 12.2 Å². The largest absolute Gasteiger partial charge is 0.489 e. The van der Waals surface area contributed by atoms with Crippen molar-refractivity contribution in [2.75, 3.05) is 37.6 Å². The highest BCUT2D eigenvalue weighted by Crippen LogP contribution is 2.22. The Morgan fingerprint density at radius 1 is 1.06 bits per heavy atom. The van der Waals surface area contributed by atoms with Gasteiger partial charge in [-0.2, -0.15) is 0 Å². The molecular formula is C26H29ClN4O2. The van der Waals surface area contributed by atoms with Gasteiger partial charge in [0.2, 0.25) is 0 Å². The lowest BCUT2D eigenvalue weighted by Gasteiger charge is -2.36. The molecule has 1 aliphatic heterocycles. The topological polar surface area (TPSA) is 57.7 Å². The predicted molar refractivity (Wildman–Crippen MR) is 132 cm³/mol. The number of halogens is 1. The Balaban J connectivity index is 1.24. The van der Waals surface area contributed by atoms with Crippen molar-refractivity contribution < 1.29 is 9.53 Å². The molecule has 33 heavy (non-hydrogen) atoms. The van der Waals surface area contributed by atoms with Crippen LogP contribution >= 0.6 is 11.6 Å². The molecule has 1 atom stereocenters. The number of pyridine rings is 1. The molecule has 2 heterocycles. The lowest BCUT2D eigenvalue weighted by molar-refractivity contribution is 0.0927. The lowest BCUT2D eigenvalue weighted by atomic mass is 10.1. The summed E-state index contributed by atoms with van der Waals surface area (Å²) >= 11 is 6.14. The summed E-state index contributed by atoms with van der Waals surface area (Å²) in [5.74, 6) is 0.612. The van der Waals surface area contributed by atoms with Gasteiger partial charge in [0.1, 0.15) is 17.5 Å². The average molecular weight is 465 g/mol. The van der Waals surface area contributed by atoms with Gasteiger partial charge < -0.3 is 15.0 Å². The van der Waals surface area contributed by atoms with Crippen LogP contribution in [0.5, 0.6) is 5.75 Å². The normalized spacial score (nSPS) is 15.2. The van der Waals surface area contributed by atoms with Crippen molar-refractivity contribution in [3.63, 3.8) is 0 Å². The Morgan fingerprint density at radius 2 is 1.88 bits per heavy atom. The van der Waals surface area contributed by atoms with Crippen LogP contribution in [0.3, 0.4) is 0 Å². The highest BCUT2D eigenvalue weighted by Gasteiger charge is 2.18. The van der Waals surface area contributed by atoms with Crippen LogP contribution in [0.1, 0.15) is 23.0 Å². The van der Waals surface area contributed by atoms with Crippen LogP contribution in [-0.4, -0.2) is 54.6 Å². The standard InChI is InChI=1S/C26H29ClN4O2/c1-20(18-29-26(32)25-10-2-3-11-28-25)33-24-9-4-6-21(16-24)19-30-12-14-31(15-13-30)23-8-5-7-22(27)17-23/h2-11,16-17,20H,12-15,18-19H2,1H3,(H,29,32)/t20-/m0/s1. The predicted octanol–water partition coefficient (Wildman–Crippen LogP) is 4.25. The maximum Gasteiger partial charge on any atom is 0.270 e. The summed E-state index contributed by atoms with van der Waals surface area (Å²) in [6, 6.07) is 21.5. The van der Waals surface area contributed by atoms with Gasteiger partial charge in [0, 0.05) is 49.6 Å². The summed E-state index contributed by atoms with van der Waals surface area (Å²) in [5.41, 5.74) is 2.80. The van der Waals surface area contributed by atoms with Crippen molar-refractivity contribution in [1.82, 2.24) is 15.2 Å². The Labute approximate surface area is 200 Å². The van der Waals surface area contributed by atoms with Crippen LogP contribution in [-0.2, 0) is 6.54 Å². The molecule has 7 heteroatoms. The number of carbonyl (C=O) groups excluding carboxylic acids is 1. The fraction of sp³-hybridized carbons (Fsp3) is 0.308. The van der Waals surface area contributed by atoms with Gasteiger partial charge in [0.15, 0.2) is 0 Å². The Bertz CT molecular complexity index is 1050. The molecule has 2 aromatic carbocycles. The molecule has 1 aromatic heterocycles. The summed E-state index contributed by atoms with van der Waals surface area (Å²) in [6.45, 7) is 7.17. The summed E-state index contributed by atoms with van der Waals surface area (Å²) in [5, 5.41) is 3.65. The number of rotatable bonds is 8. The van der Waals surface area contributed by atoms with Gasteiger partial charge in [-0.3, -0.25) is 14.7 Å². The van der Waals surface area contributed by atoms with Crippen molar-refractivity contribution in [2.45, 2.75) is 19.6 Å². The highest BCUT2D eigenvalue weighted by atomic mass is 35.5. The van der Waals surface area contributed by atoms with Crippen LogP contribution in [0.25, 0.3) is 0 Å². The summed E-state index contributed by atoms with van der Waals surface area (Å²) < 4.78 is 6.04. The number of benzene rings is 2. The molecule has 1 N–H and O–H groups in total. The second-order valence-corrected chi connectivity index (χ2v) is 8.68. The summed E-state index contributed by atoms with van der Waals surface area (Å²) in [7, 11) is 0. The minimum atomic E-state index is -0.197. The SMILES string of the molecule is C[C@@H](CNC(=O)c1ccccn1)Oc1cccc(CN2CCN(c3cccc(Cl)c3)CC2)c1. The molecule has 6 nitrogen and oxygen atoms in total. The molecule has 0 unspecified atom stereocenters. The van der Waals surface area contributed by atoms with Gasteiger partial charge in [-0.25, -0.2) is 0 Å². The van der Waals surface area contributed by atoms with E-state index in [4.69, 9.17) is 16.3 Å². The number of aromatic nitrogens is 1. The van der Waals surface area contributed by atoms with Gasteiger partial charge in [-0.05, 0) is 55.0 Å². The van der Waals surface area contributed by atoms with Crippen LogP contribution in [0.2, 0.25) is 5.02 Å². The maximum atomic E-state index is 12.2. The van der Waals surface area contributed by atoms with E-state index < -0.39 is 0 Å². The first-order chi connectivity index (χ1) is 16.1. The van der Waals surface area contributed by atoms with Crippen LogP contribution in [0.15, 0.2) is 72.9 Å². The molecule has 0 radical (unpaired) electrons. The van der Waals surface area contributed by atoms with E-state index in [0.717, 1.165) is 43.5 Å². The van der Waals surface area contributed by atoms with Gasteiger partial charge in [0.05, 0.1) is 6.54 Å². The van der Waals surface area contributed by atoms with E-state index in [1.807, 2.05) is 37.3 Å². The minimum absolute atomic E-state index is 0.158.